The second-order valence-corrected chi connectivity index (χ2v) is 4.02. The molecule has 2 N–H and O–H groups in total. The molecule has 0 aromatic heterocycles. The minimum absolute atomic E-state index is 0.343. The van der Waals surface area contributed by atoms with Crippen LogP contribution in [0, 0.1) is 5.92 Å². The second kappa shape index (κ2) is 6.32. The van der Waals surface area contributed by atoms with Crippen LogP contribution in [0.5, 0.6) is 0 Å². The summed E-state index contributed by atoms with van der Waals surface area (Å²) in [6.07, 6.45) is 2.08. The second-order valence-electron chi connectivity index (χ2n) is 4.02. The van der Waals surface area contributed by atoms with Crippen LogP contribution in [-0.4, -0.2) is 55.4 Å². The molecule has 0 saturated carbocycles. The average molecular weight is 230 g/mol. The molecule has 0 spiro atoms. The first-order valence-electron chi connectivity index (χ1n) is 5.38. The first-order valence-corrected chi connectivity index (χ1v) is 5.38. The van der Waals surface area contributed by atoms with Gasteiger partial charge in [0.25, 0.3) is 0 Å². The molecule has 0 aromatic rings. The molecule has 1 unspecified atom stereocenters. The normalized spacial score (nSPS) is 20.2. The average Bonchev–Trinajstić information content (AvgIpc) is 2.27. The summed E-state index contributed by atoms with van der Waals surface area (Å²) in [5, 5.41) is 10.7. The number of hydrogen-bond acceptors (Lipinski definition) is 3. The van der Waals surface area contributed by atoms with Gasteiger partial charge in [-0.2, -0.15) is 0 Å². The zero-order valence-electron chi connectivity index (χ0n) is 9.44. The summed E-state index contributed by atoms with van der Waals surface area (Å²) in [5.41, 5.74) is 0. The lowest BCUT2D eigenvalue weighted by Crippen LogP contribution is -2.43. The number of carboxylic acids is 1. The van der Waals surface area contributed by atoms with Gasteiger partial charge in [-0.3, -0.25) is 4.79 Å². The van der Waals surface area contributed by atoms with Gasteiger partial charge < -0.3 is 20.1 Å². The molecule has 1 fully saturated rings. The molecular weight excluding hydrogens is 212 g/mol. The van der Waals surface area contributed by atoms with Crippen molar-refractivity contribution in [2.45, 2.75) is 12.8 Å². The van der Waals surface area contributed by atoms with E-state index in [-0.39, 0.29) is 12.6 Å². The van der Waals surface area contributed by atoms with Crippen LogP contribution in [0.2, 0.25) is 0 Å². The van der Waals surface area contributed by atoms with Gasteiger partial charge in [-0.25, -0.2) is 4.79 Å². The smallest absolute Gasteiger partial charge is 0.323 e. The van der Waals surface area contributed by atoms with Crippen molar-refractivity contribution < 1.29 is 19.4 Å². The third kappa shape index (κ3) is 4.48. The van der Waals surface area contributed by atoms with Crippen LogP contribution in [0.3, 0.4) is 0 Å². The van der Waals surface area contributed by atoms with E-state index in [4.69, 9.17) is 9.84 Å². The predicted molar refractivity (Wildman–Crippen MR) is 57.2 cm³/mol. The van der Waals surface area contributed by atoms with E-state index in [0.717, 1.165) is 19.4 Å². The molecular formula is C10H18N2O4. The number of carboxylic acid groups (broad SMARTS) is 1. The highest BCUT2D eigenvalue weighted by Gasteiger charge is 2.18. The number of rotatable bonds is 4. The predicted octanol–water partition coefficient (Wildman–Crippen LogP) is 0.139. The van der Waals surface area contributed by atoms with E-state index in [1.165, 1.54) is 4.90 Å². The Morgan fingerprint density at radius 3 is 2.88 bits per heavy atom. The first kappa shape index (κ1) is 12.8. The molecule has 6 heteroatoms. The largest absolute Gasteiger partial charge is 0.480 e. The van der Waals surface area contributed by atoms with E-state index in [9.17, 15) is 9.59 Å². The van der Waals surface area contributed by atoms with Crippen molar-refractivity contribution in [1.29, 1.82) is 0 Å². The Labute approximate surface area is 94.6 Å². The summed E-state index contributed by atoms with van der Waals surface area (Å²) < 4.78 is 5.31. The van der Waals surface area contributed by atoms with Crippen molar-refractivity contribution in [2.24, 2.45) is 5.92 Å². The molecule has 0 bridgehead atoms. The number of urea groups is 1. The third-order valence-corrected chi connectivity index (χ3v) is 2.52. The van der Waals surface area contributed by atoms with Crippen LogP contribution in [0.4, 0.5) is 4.79 Å². The Morgan fingerprint density at radius 1 is 1.56 bits per heavy atom. The molecule has 1 saturated heterocycles. The highest BCUT2D eigenvalue weighted by Crippen LogP contribution is 2.14. The highest BCUT2D eigenvalue weighted by atomic mass is 16.5. The zero-order valence-corrected chi connectivity index (χ0v) is 9.44. The lowest BCUT2D eigenvalue weighted by molar-refractivity contribution is -0.135. The molecule has 6 nitrogen and oxygen atoms in total. The number of carbonyl (C=O) groups excluding carboxylic acids is 1. The molecule has 1 atom stereocenters. The lowest BCUT2D eigenvalue weighted by atomic mass is 10.0. The van der Waals surface area contributed by atoms with Gasteiger partial charge in [0.15, 0.2) is 0 Å². The van der Waals surface area contributed by atoms with E-state index < -0.39 is 5.97 Å². The minimum Gasteiger partial charge on any atom is -0.480 e. The van der Waals surface area contributed by atoms with E-state index in [1.54, 1.807) is 7.05 Å². The summed E-state index contributed by atoms with van der Waals surface area (Å²) in [7, 11) is 1.66. The van der Waals surface area contributed by atoms with E-state index >= 15 is 0 Å². The molecule has 1 aliphatic heterocycles. The van der Waals surface area contributed by atoms with Gasteiger partial charge in [-0.1, -0.05) is 0 Å². The number of carbonyl (C=O) groups is 2. The SMILES string of the molecule is CN(CC1CCCOC1)C(=O)NCC(=O)O. The van der Waals surface area contributed by atoms with Crippen molar-refractivity contribution in [2.75, 3.05) is 33.4 Å². The monoisotopic (exact) mass is 230 g/mol. The Kier molecular flexibility index (Phi) is 5.04. The molecule has 1 heterocycles. The fraction of sp³-hybridized carbons (Fsp3) is 0.800. The minimum atomic E-state index is -1.04. The van der Waals surface area contributed by atoms with Gasteiger partial charge >= 0.3 is 12.0 Å². The molecule has 0 aliphatic carbocycles. The molecule has 2 amide bonds. The highest BCUT2D eigenvalue weighted by molar-refractivity contribution is 5.79. The first-order chi connectivity index (χ1) is 7.59. The maximum absolute atomic E-state index is 11.4. The van der Waals surface area contributed by atoms with Crippen molar-refractivity contribution in [1.82, 2.24) is 10.2 Å². The van der Waals surface area contributed by atoms with E-state index in [2.05, 4.69) is 5.32 Å². The summed E-state index contributed by atoms with van der Waals surface area (Å²) in [6.45, 7) is 1.73. The number of nitrogens with one attached hydrogen (secondary N) is 1. The summed E-state index contributed by atoms with van der Waals surface area (Å²) >= 11 is 0. The number of nitrogens with zero attached hydrogens (tertiary/aromatic N) is 1. The van der Waals surface area contributed by atoms with Crippen molar-refractivity contribution in [3.63, 3.8) is 0 Å². The van der Waals surface area contributed by atoms with Crippen molar-refractivity contribution in [3.05, 3.63) is 0 Å². The number of aliphatic carboxylic acids is 1. The molecule has 16 heavy (non-hydrogen) atoms. The summed E-state index contributed by atoms with van der Waals surface area (Å²) in [5.74, 6) is -0.683. The van der Waals surface area contributed by atoms with Gasteiger partial charge in [0.2, 0.25) is 0 Å². The van der Waals surface area contributed by atoms with Crippen LogP contribution < -0.4 is 5.32 Å². The quantitative estimate of drug-likeness (QED) is 0.720. The standard InChI is InChI=1S/C10H18N2O4/c1-12(10(15)11-5-9(13)14)6-8-3-2-4-16-7-8/h8H,2-7H2,1H3,(H,11,15)(H,13,14). The van der Waals surface area contributed by atoms with Crippen LogP contribution in [-0.2, 0) is 9.53 Å². The lowest BCUT2D eigenvalue weighted by Gasteiger charge is -2.27. The number of ether oxygens (including phenoxy) is 1. The maximum Gasteiger partial charge on any atom is 0.323 e. The molecule has 0 radical (unpaired) electrons. The van der Waals surface area contributed by atoms with Gasteiger partial charge in [0, 0.05) is 26.1 Å². The topological polar surface area (TPSA) is 78.9 Å². The Balaban J connectivity index is 2.24. The number of amides is 2. The van der Waals surface area contributed by atoms with Crippen LogP contribution in [0.15, 0.2) is 0 Å². The van der Waals surface area contributed by atoms with Crippen LogP contribution in [0.1, 0.15) is 12.8 Å². The van der Waals surface area contributed by atoms with E-state index in [0.29, 0.717) is 19.1 Å². The number of hydrogen-bond donors (Lipinski definition) is 2. The van der Waals surface area contributed by atoms with Crippen LogP contribution in [0.25, 0.3) is 0 Å². The molecule has 0 aromatic carbocycles. The zero-order chi connectivity index (χ0) is 12.0. The Bertz CT molecular complexity index is 251. The Hall–Kier alpha value is -1.30. The van der Waals surface area contributed by atoms with Crippen LogP contribution >= 0.6 is 0 Å². The summed E-state index contributed by atoms with van der Waals surface area (Å²) in [6, 6.07) is -0.354. The third-order valence-electron chi connectivity index (χ3n) is 2.52. The van der Waals surface area contributed by atoms with Gasteiger partial charge in [0.05, 0.1) is 6.61 Å². The molecule has 1 rings (SSSR count). The Morgan fingerprint density at radius 2 is 2.31 bits per heavy atom. The fourth-order valence-corrected chi connectivity index (χ4v) is 1.71. The molecule has 92 valence electrons. The van der Waals surface area contributed by atoms with Crippen molar-refractivity contribution >= 4 is 12.0 Å². The van der Waals surface area contributed by atoms with Gasteiger partial charge in [0.1, 0.15) is 6.54 Å². The van der Waals surface area contributed by atoms with Gasteiger partial charge in [-0.15, -0.1) is 0 Å². The maximum atomic E-state index is 11.4. The fourth-order valence-electron chi connectivity index (χ4n) is 1.71. The van der Waals surface area contributed by atoms with E-state index in [1.807, 2.05) is 0 Å². The molecule has 1 aliphatic rings. The van der Waals surface area contributed by atoms with Gasteiger partial charge in [-0.05, 0) is 12.8 Å². The summed E-state index contributed by atoms with van der Waals surface area (Å²) in [4.78, 5) is 23.2. The van der Waals surface area contributed by atoms with Crippen molar-refractivity contribution in [3.8, 4) is 0 Å².